The van der Waals surface area contributed by atoms with E-state index in [1.54, 1.807) is 13.3 Å². The molecule has 0 aliphatic carbocycles. The molecular formula is C17H15BrN4O2S. The van der Waals surface area contributed by atoms with E-state index in [0.717, 1.165) is 15.8 Å². The quantitative estimate of drug-likeness (QED) is 0.481. The molecule has 0 fully saturated rings. The van der Waals surface area contributed by atoms with Crippen molar-refractivity contribution in [1.82, 2.24) is 14.9 Å². The SMILES string of the molecule is COc1ccc(Br)cc1C=Nn1c(COc2ccccc2)n[nH]c1=S. The highest BCUT2D eigenvalue weighted by molar-refractivity contribution is 9.10. The standard InChI is InChI=1S/C17H15BrN4O2S/c1-23-15-8-7-13(18)9-12(15)10-19-22-16(20-21-17(22)25)11-24-14-5-3-2-4-6-14/h2-10H,11H2,1H3,(H,21,25). The lowest BCUT2D eigenvalue weighted by molar-refractivity contribution is 0.290. The Balaban J connectivity index is 1.82. The number of ether oxygens (including phenoxy) is 2. The fraction of sp³-hybridized carbons (Fsp3) is 0.118. The van der Waals surface area contributed by atoms with E-state index in [-0.39, 0.29) is 6.61 Å². The Morgan fingerprint density at radius 2 is 2.08 bits per heavy atom. The Bertz CT molecular complexity index is 937. The van der Waals surface area contributed by atoms with Crippen molar-refractivity contribution < 1.29 is 9.47 Å². The third-order valence-electron chi connectivity index (χ3n) is 3.33. The van der Waals surface area contributed by atoms with E-state index in [9.17, 15) is 0 Å². The van der Waals surface area contributed by atoms with E-state index >= 15 is 0 Å². The summed E-state index contributed by atoms with van der Waals surface area (Å²) in [5.74, 6) is 2.03. The Morgan fingerprint density at radius 1 is 1.28 bits per heavy atom. The van der Waals surface area contributed by atoms with Gasteiger partial charge >= 0.3 is 0 Å². The highest BCUT2D eigenvalue weighted by Gasteiger charge is 2.07. The van der Waals surface area contributed by atoms with Gasteiger partial charge in [-0.05, 0) is 42.5 Å². The minimum absolute atomic E-state index is 0.240. The predicted molar refractivity (Wildman–Crippen MR) is 102 cm³/mol. The molecule has 0 aliphatic heterocycles. The number of aromatic amines is 1. The first-order chi connectivity index (χ1) is 12.2. The second-order valence-corrected chi connectivity index (χ2v) is 6.29. The summed E-state index contributed by atoms with van der Waals surface area (Å²) in [6.45, 7) is 0.240. The van der Waals surface area contributed by atoms with Gasteiger partial charge in [-0.3, -0.25) is 0 Å². The van der Waals surface area contributed by atoms with Crippen LogP contribution in [0.5, 0.6) is 11.5 Å². The lowest BCUT2D eigenvalue weighted by Gasteiger charge is -2.06. The van der Waals surface area contributed by atoms with Crippen LogP contribution in [0.4, 0.5) is 0 Å². The van der Waals surface area contributed by atoms with Gasteiger partial charge in [0.15, 0.2) is 5.82 Å². The van der Waals surface area contributed by atoms with Gasteiger partial charge in [0, 0.05) is 10.0 Å². The summed E-state index contributed by atoms with van der Waals surface area (Å²) in [7, 11) is 1.61. The van der Waals surface area contributed by atoms with Crippen molar-refractivity contribution in [2.45, 2.75) is 6.61 Å². The zero-order valence-electron chi connectivity index (χ0n) is 13.3. The van der Waals surface area contributed by atoms with Crippen molar-refractivity contribution in [1.29, 1.82) is 0 Å². The monoisotopic (exact) mass is 418 g/mol. The van der Waals surface area contributed by atoms with Crippen molar-refractivity contribution in [3.8, 4) is 11.5 Å². The normalized spacial score (nSPS) is 11.0. The number of nitrogens with one attached hydrogen (secondary N) is 1. The van der Waals surface area contributed by atoms with Gasteiger partial charge in [-0.1, -0.05) is 34.1 Å². The van der Waals surface area contributed by atoms with Crippen molar-refractivity contribution in [3.05, 3.63) is 69.2 Å². The molecular weight excluding hydrogens is 404 g/mol. The van der Waals surface area contributed by atoms with Gasteiger partial charge in [-0.2, -0.15) is 14.9 Å². The van der Waals surface area contributed by atoms with Crippen LogP contribution < -0.4 is 9.47 Å². The summed E-state index contributed by atoms with van der Waals surface area (Å²) in [5, 5.41) is 11.3. The smallest absolute Gasteiger partial charge is 0.216 e. The molecule has 128 valence electrons. The molecule has 6 nitrogen and oxygen atoms in total. The maximum Gasteiger partial charge on any atom is 0.216 e. The molecule has 3 aromatic rings. The molecule has 0 saturated carbocycles. The van der Waals surface area contributed by atoms with Crippen LogP contribution in [-0.4, -0.2) is 28.2 Å². The highest BCUT2D eigenvalue weighted by atomic mass is 79.9. The second-order valence-electron chi connectivity index (χ2n) is 4.99. The number of aromatic nitrogens is 3. The molecule has 0 amide bonds. The van der Waals surface area contributed by atoms with E-state index in [1.807, 2.05) is 48.5 Å². The Kier molecular flexibility index (Phi) is 5.62. The Labute approximate surface area is 158 Å². The van der Waals surface area contributed by atoms with Crippen LogP contribution in [0.25, 0.3) is 0 Å². The number of H-pyrrole nitrogens is 1. The molecule has 2 aromatic carbocycles. The van der Waals surface area contributed by atoms with E-state index < -0.39 is 0 Å². The molecule has 0 saturated heterocycles. The summed E-state index contributed by atoms with van der Waals surface area (Å²) in [6.07, 6.45) is 1.67. The van der Waals surface area contributed by atoms with Crippen molar-refractivity contribution in [2.75, 3.05) is 7.11 Å². The van der Waals surface area contributed by atoms with Gasteiger partial charge in [-0.25, -0.2) is 5.10 Å². The zero-order chi connectivity index (χ0) is 17.6. The molecule has 0 atom stereocenters. The topological polar surface area (TPSA) is 64.4 Å². The predicted octanol–water partition coefficient (Wildman–Crippen LogP) is 4.17. The number of nitrogens with zero attached hydrogens (tertiary/aromatic N) is 3. The fourth-order valence-electron chi connectivity index (χ4n) is 2.13. The molecule has 0 spiro atoms. The van der Waals surface area contributed by atoms with Crippen LogP contribution in [0.1, 0.15) is 11.4 Å². The van der Waals surface area contributed by atoms with Crippen molar-refractivity contribution in [2.24, 2.45) is 5.10 Å². The Morgan fingerprint density at radius 3 is 2.84 bits per heavy atom. The van der Waals surface area contributed by atoms with Gasteiger partial charge < -0.3 is 9.47 Å². The summed E-state index contributed by atoms with van der Waals surface area (Å²) < 4.78 is 13.9. The molecule has 1 N–H and O–H groups in total. The molecule has 1 heterocycles. The average molecular weight is 419 g/mol. The molecule has 0 aliphatic rings. The van der Waals surface area contributed by atoms with Crippen LogP contribution in [0.15, 0.2) is 58.1 Å². The first-order valence-corrected chi connectivity index (χ1v) is 8.59. The minimum Gasteiger partial charge on any atom is -0.496 e. The lowest BCUT2D eigenvalue weighted by atomic mass is 10.2. The summed E-state index contributed by atoms with van der Waals surface area (Å²) in [5.41, 5.74) is 0.815. The van der Waals surface area contributed by atoms with Crippen molar-refractivity contribution >= 4 is 34.4 Å². The first-order valence-electron chi connectivity index (χ1n) is 7.39. The first kappa shape index (κ1) is 17.4. The third kappa shape index (κ3) is 4.34. The molecule has 25 heavy (non-hydrogen) atoms. The second kappa shape index (κ2) is 8.09. The third-order valence-corrected chi connectivity index (χ3v) is 4.09. The molecule has 0 bridgehead atoms. The van der Waals surface area contributed by atoms with E-state index in [2.05, 4.69) is 31.2 Å². The largest absolute Gasteiger partial charge is 0.496 e. The Hall–Kier alpha value is -2.45. The summed E-state index contributed by atoms with van der Waals surface area (Å²) in [4.78, 5) is 0. The maximum absolute atomic E-state index is 5.71. The number of methoxy groups -OCH3 is 1. The van der Waals surface area contributed by atoms with Gasteiger partial charge in [0.05, 0.1) is 13.3 Å². The molecule has 1 aromatic heterocycles. The van der Waals surface area contributed by atoms with Gasteiger partial charge in [0.2, 0.25) is 4.77 Å². The van der Waals surface area contributed by atoms with E-state index in [1.165, 1.54) is 4.68 Å². The van der Waals surface area contributed by atoms with Crippen LogP contribution in [0, 0.1) is 4.77 Å². The molecule has 0 unspecified atom stereocenters. The number of hydrogen-bond donors (Lipinski definition) is 1. The number of halogens is 1. The highest BCUT2D eigenvalue weighted by Crippen LogP contribution is 2.21. The van der Waals surface area contributed by atoms with E-state index in [0.29, 0.717) is 16.3 Å². The number of hydrogen-bond acceptors (Lipinski definition) is 5. The van der Waals surface area contributed by atoms with E-state index in [4.69, 9.17) is 21.7 Å². The van der Waals surface area contributed by atoms with Crippen LogP contribution in [0.2, 0.25) is 0 Å². The average Bonchev–Trinajstić information content (AvgIpc) is 2.99. The molecule has 8 heteroatoms. The maximum atomic E-state index is 5.71. The lowest BCUT2D eigenvalue weighted by Crippen LogP contribution is -2.04. The van der Waals surface area contributed by atoms with Gasteiger partial charge in [0.25, 0.3) is 0 Å². The van der Waals surface area contributed by atoms with Gasteiger partial charge in [0.1, 0.15) is 18.1 Å². The van der Waals surface area contributed by atoms with Crippen LogP contribution in [0.3, 0.4) is 0 Å². The number of rotatable bonds is 6. The molecule has 0 radical (unpaired) electrons. The number of para-hydroxylation sites is 1. The minimum atomic E-state index is 0.240. The summed E-state index contributed by atoms with van der Waals surface area (Å²) >= 11 is 8.68. The van der Waals surface area contributed by atoms with Crippen LogP contribution >= 0.6 is 28.1 Å². The van der Waals surface area contributed by atoms with Gasteiger partial charge in [-0.15, -0.1) is 0 Å². The van der Waals surface area contributed by atoms with Crippen LogP contribution in [-0.2, 0) is 6.61 Å². The van der Waals surface area contributed by atoms with Crippen molar-refractivity contribution in [3.63, 3.8) is 0 Å². The fourth-order valence-corrected chi connectivity index (χ4v) is 2.70. The zero-order valence-corrected chi connectivity index (χ0v) is 15.8. The molecule has 3 rings (SSSR count). The summed E-state index contributed by atoms with van der Waals surface area (Å²) in [6, 6.07) is 15.2. The number of benzene rings is 2.